The highest BCUT2D eigenvalue weighted by atomic mass is 16.5. The number of aromatic nitrogens is 7. The SMILES string of the molecule is O=C(Nc1cncc(-c2cnc3n[nH]c(-c4nc5c(C(=O)N6CCOCC6)cncc5[nH]4)c3c2)c1)N1CCOCC1. The fourth-order valence-corrected chi connectivity index (χ4v) is 5.02. The fourth-order valence-electron chi connectivity index (χ4n) is 5.02. The standard InChI is InChI=1S/C27H26N10O4/c38-26(36-1-5-40-6-2-36)20-14-29-15-21-22(20)33-25(32-21)23-19-10-17(12-30-24(19)35-34-23)16-9-18(13-28-11-16)31-27(39)37-3-7-41-8-4-37/h9-15H,1-8H2,(H,31,39)(H,32,33)(H,30,34,35). The topological polar surface area (TPSA) is 167 Å². The predicted octanol–water partition coefficient (Wildman–Crippen LogP) is 2.29. The molecule has 41 heavy (non-hydrogen) atoms. The summed E-state index contributed by atoms with van der Waals surface area (Å²) in [5.41, 5.74) is 4.88. The van der Waals surface area contributed by atoms with Gasteiger partial charge in [-0.25, -0.2) is 14.8 Å². The van der Waals surface area contributed by atoms with Gasteiger partial charge < -0.3 is 29.6 Å². The van der Waals surface area contributed by atoms with Crippen LogP contribution < -0.4 is 5.32 Å². The van der Waals surface area contributed by atoms with Gasteiger partial charge in [-0.2, -0.15) is 5.10 Å². The molecule has 0 atom stereocenters. The maximum absolute atomic E-state index is 13.2. The van der Waals surface area contributed by atoms with Crippen LogP contribution in [0.3, 0.4) is 0 Å². The summed E-state index contributed by atoms with van der Waals surface area (Å²) in [5, 5.41) is 11.0. The Balaban J connectivity index is 1.19. The number of carbonyl (C=O) groups is 2. The fraction of sp³-hybridized carbons (Fsp3) is 0.296. The first kappa shape index (κ1) is 25.0. The van der Waals surface area contributed by atoms with Gasteiger partial charge in [0.2, 0.25) is 0 Å². The van der Waals surface area contributed by atoms with Crippen molar-refractivity contribution in [3.63, 3.8) is 0 Å². The molecule has 0 unspecified atom stereocenters. The van der Waals surface area contributed by atoms with Crippen LogP contribution in [0.5, 0.6) is 0 Å². The van der Waals surface area contributed by atoms with Gasteiger partial charge in [-0.3, -0.25) is 19.9 Å². The number of anilines is 1. The summed E-state index contributed by atoms with van der Waals surface area (Å²) in [4.78, 5) is 50.5. The molecule has 0 aromatic carbocycles. The molecule has 2 aliphatic heterocycles. The summed E-state index contributed by atoms with van der Waals surface area (Å²) < 4.78 is 10.7. The molecule has 0 aliphatic carbocycles. The van der Waals surface area contributed by atoms with Gasteiger partial charge in [0.05, 0.1) is 61.0 Å². The van der Waals surface area contributed by atoms with Crippen molar-refractivity contribution in [1.29, 1.82) is 0 Å². The molecule has 5 aromatic heterocycles. The molecule has 0 spiro atoms. The van der Waals surface area contributed by atoms with Crippen LogP contribution in [0.25, 0.3) is 44.7 Å². The van der Waals surface area contributed by atoms with Crippen molar-refractivity contribution in [2.45, 2.75) is 0 Å². The van der Waals surface area contributed by atoms with E-state index in [2.05, 4.69) is 35.5 Å². The third-order valence-corrected chi connectivity index (χ3v) is 7.19. The number of ether oxygens (including phenoxy) is 2. The van der Waals surface area contributed by atoms with E-state index in [-0.39, 0.29) is 11.9 Å². The van der Waals surface area contributed by atoms with E-state index in [0.717, 1.165) is 16.5 Å². The molecule has 0 bridgehead atoms. The van der Waals surface area contributed by atoms with E-state index in [1.807, 2.05) is 12.1 Å². The van der Waals surface area contributed by atoms with Crippen LogP contribution in [0.4, 0.5) is 10.5 Å². The third kappa shape index (κ3) is 4.83. The highest BCUT2D eigenvalue weighted by Gasteiger charge is 2.24. The number of H-pyrrole nitrogens is 2. The second-order valence-corrected chi connectivity index (χ2v) is 9.76. The van der Waals surface area contributed by atoms with E-state index in [0.29, 0.717) is 92.1 Å². The van der Waals surface area contributed by atoms with Crippen LogP contribution in [0.15, 0.2) is 43.1 Å². The van der Waals surface area contributed by atoms with Crippen LogP contribution in [-0.4, -0.2) is 109 Å². The number of pyridine rings is 3. The van der Waals surface area contributed by atoms with Crippen molar-refractivity contribution in [1.82, 2.24) is 44.9 Å². The molecule has 2 aliphatic rings. The minimum Gasteiger partial charge on any atom is -0.378 e. The minimum atomic E-state index is -0.191. The zero-order valence-corrected chi connectivity index (χ0v) is 22.0. The van der Waals surface area contributed by atoms with Crippen LogP contribution in [-0.2, 0) is 9.47 Å². The average molecular weight is 555 g/mol. The zero-order chi connectivity index (χ0) is 27.8. The Hall–Kier alpha value is -4.95. The van der Waals surface area contributed by atoms with Crippen molar-refractivity contribution in [2.24, 2.45) is 0 Å². The van der Waals surface area contributed by atoms with Crippen molar-refractivity contribution in [2.75, 3.05) is 57.9 Å². The number of hydrogen-bond donors (Lipinski definition) is 3. The highest BCUT2D eigenvalue weighted by molar-refractivity contribution is 6.05. The first-order valence-electron chi connectivity index (χ1n) is 13.3. The van der Waals surface area contributed by atoms with Gasteiger partial charge in [-0.1, -0.05) is 0 Å². The molecular formula is C27H26N10O4. The lowest BCUT2D eigenvalue weighted by atomic mass is 10.1. The summed E-state index contributed by atoms with van der Waals surface area (Å²) in [6.45, 7) is 4.21. The summed E-state index contributed by atoms with van der Waals surface area (Å²) >= 11 is 0. The zero-order valence-electron chi connectivity index (χ0n) is 22.0. The minimum absolute atomic E-state index is 0.129. The molecule has 2 saturated heterocycles. The Labute approximate surface area is 233 Å². The van der Waals surface area contributed by atoms with E-state index in [9.17, 15) is 9.59 Å². The number of rotatable bonds is 4. The molecule has 0 saturated carbocycles. The van der Waals surface area contributed by atoms with E-state index in [1.54, 1.807) is 40.8 Å². The summed E-state index contributed by atoms with van der Waals surface area (Å²) in [6.07, 6.45) is 8.22. The molecule has 7 heterocycles. The molecule has 208 valence electrons. The lowest BCUT2D eigenvalue weighted by Gasteiger charge is -2.26. The Morgan fingerprint density at radius 3 is 2.39 bits per heavy atom. The molecular weight excluding hydrogens is 528 g/mol. The van der Waals surface area contributed by atoms with Crippen LogP contribution in [0.2, 0.25) is 0 Å². The molecule has 14 heteroatoms. The Morgan fingerprint density at radius 1 is 0.854 bits per heavy atom. The smallest absolute Gasteiger partial charge is 0.322 e. The largest absolute Gasteiger partial charge is 0.378 e. The predicted molar refractivity (Wildman–Crippen MR) is 148 cm³/mol. The summed E-state index contributed by atoms with van der Waals surface area (Å²) in [6, 6.07) is 3.60. The Morgan fingerprint density at radius 2 is 1.59 bits per heavy atom. The first-order chi connectivity index (χ1) is 20.1. The van der Waals surface area contributed by atoms with E-state index in [1.165, 1.54) is 0 Å². The number of carbonyl (C=O) groups excluding carboxylic acids is 2. The molecule has 7 rings (SSSR count). The summed E-state index contributed by atoms with van der Waals surface area (Å²) in [5.74, 6) is 0.381. The van der Waals surface area contributed by atoms with Crippen LogP contribution in [0.1, 0.15) is 10.4 Å². The van der Waals surface area contributed by atoms with Gasteiger partial charge in [0.1, 0.15) is 11.2 Å². The van der Waals surface area contributed by atoms with Crippen molar-refractivity contribution < 1.29 is 19.1 Å². The van der Waals surface area contributed by atoms with Crippen molar-refractivity contribution >= 4 is 39.7 Å². The second kappa shape index (κ2) is 10.6. The Kier molecular flexibility index (Phi) is 6.45. The highest BCUT2D eigenvalue weighted by Crippen LogP contribution is 2.30. The number of hydrogen-bond acceptors (Lipinski definition) is 9. The average Bonchev–Trinajstić information content (AvgIpc) is 3.65. The number of imidazole rings is 1. The van der Waals surface area contributed by atoms with Crippen LogP contribution in [0, 0.1) is 0 Å². The third-order valence-electron chi connectivity index (χ3n) is 7.19. The van der Waals surface area contributed by atoms with Gasteiger partial charge in [0.25, 0.3) is 5.91 Å². The van der Waals surface area contributed by atoms with Gasteiger partial charge in [0.15, 0.2) is 11.5 Å². The van der Waals surface area contributed by atoms with Crippen LogP contribution >= 0.6 is 0 Å². The number of fused-ring (bicyclic) bond motifs is 2. The number of urea groups is 1. The summed E-state index contributed by atoms with van der Waals surface area (Å²) in [7, 11) is 0. The first-order valence-corrected chi connectivity index (χ1v) is 13.3. The van der Waals surface area contributed by atoms with Gasteiger partial charge in [-0.05, 0) is 12.1 Å². The van der Waals surface area contributed by atoms with E-state index in [4.69, 9.17) is 14.5 Å². The molecule has 5 aromatic rings. The molecule has 14 nitrogen and oxygen atoms in total. The van der Waals surface area contributed by atoms with Crippen molar-refractivity contribution in [3.8, 4) is 22.6 Å². The normalized spacial score (nSPS) is 15.9. The number of nitrogens with one attached hydrogen (secondary N) is 3. The molecule has 3 N–H and O–H groups in total. The maximum atomic E-state index is 13.2. The quantitative estimate of drug-likeness (QED) is 0.302. The van der Waals surface area contributed by atoms with Gasteiger partial charge in [0, 0.05) is 55.9 Å². The monoisotopic (exact) mass is 554 g/mol. The van der Waals surface area contributed by atoms with Gasteiger partial charge in [-0.15, -0.1) is 0 Å². The Bertz CT molecular complexity index is 1750. The maximum Gasteiger partial charge on any atom is 0.322 e. The van der Waals surface area contributed by atoms with Crippen molar-refractivity contribution in [3.05, 3.63) is 48.7 Å². The number of nitrogens with zero attached hydrogens (tertiary/aromatic N) is 7. The van der Waals surface area contributed by atoms with Gasteiger partial charge >= 0.3 is 6.03 Å². The number of morpholine rings is 2. The molecule has 2 fully saturated rings. The lowest BCUT2D eigenvalue weighted by molar-refractivity contribution is 0.0304. The number of amides is 3. The molecule has 3 amide bonds. The van der Waals surface area contributed by atoms with E-state index < -0.39 is 0 Å². The second-order valence-electron chi connectivity index (χ2n) is 9.76. The number of aromatic amines is 2. The van der Waals surface area contributed by atoms with E-state index >= 15 is 0 Å². The lowest BCUT2D eigenvalue weighted by Crippen LogP contribution is -2.43. The molecule has 0 radical (unpaired) electrons.